The van der Waals surface area contributed by atoms with Gasteiger partial charge < -0.3 is 5.73 Å². The Bertz CT molecular complexity index is 497. The third kappa shape index (κ3) is 3.05. The third-order valence-corrected chi connectivity index (χ3v) is 3.00. The van der Waals surface area contributed by atoms with Crippen LogP contribution in [-0.4, -0.2) is 39.3 Å². The number of aryl methyl sites for hydroxylation is 1. The van der Waals surface area contributed by atoms with Crippen molar-refractivity contribution >= 4 is 17.6 Å². The zero-order valence-electron chi connectivity index (χ0n) is 11.0. The molecule has 1 aromatic rings. The predicted molar refractivity (Wildman–Crippen MR) is 68.8 cm³/mol. The highest BCUT2D eigenvalue weighted by atomic mass is 16.2. The molecule has 7 nitrogen and oxygen atoms in total. The molecule has 1 saturated heterocycles. The van der Waals surface area contributed by atoms with Crippen LogP contribution in [0, 0.1) is 6.92 Å². The SMILES string of the molecule is CCC1C(=O)NC(=O)CN1Cc1nc(C)cc(N)n1. The molecule has 0 spiro atoms. The van der Waals surface area contributed by atoms with Gasteiger partial charge in [-0.25, -0.2) is 9.97 Å². The number of nitrogens with one attached hydrogen (secondary N) is 1. The summed E-state index contributed by atoms with van der Waals surface area (Å²) in [4.78, 5) is 33.3. The van der Waals surface area contributed by atoms with Gasteiger partial charge in [0.05, 0.1) is 19.1 Å². The van der Waals surface area contributed by atoms with Gasteiger partial charge in [-0.15, -0.1) is 0 Å². The molecule has 2 heterocycles. The average molecular weight is 263 g/mol. The minimum absolute atomic E-state index is 0.168. The van der Waals surface area contributed by atoms with Crippen LogP contribution in [0.25, 0.3) is 0 Å². The van der Waals surface area contributed by atoms with E-state index in [9.17, 15) is 9.59 Å². The lowest BCUT2D eigenvalue weighted by molar-refractivity contribution is -0.140. The second-order valence-corrected chi connectivity index (χ2v) is 4.59. The number of amides is 2. The number of nitrogens with two attached hydrogens (primary N) is 1. The largest absolute Gasteiger partial charge is 0.384 e. The van der Waals surface area contributed by atoms with Crippen LogP contribution in [0.5, 0.6) is 0 Å². The molecule has 1 atom stereocenters. The van der Waals surface area contributed by atoms with E-state index < -0.39 is 0 Å². The summed E-state index contributed by atoms with van der Waals surface area (Å²) in [6.07, 6.45) is 0.625. The van der Waals surface area contributed by atoms with Gasteiger partial charge in [0.1, 0.15) is 11.6 Å². The van der Waals surface area contributed by atoms with Crippen molar-refractivity contribution in [1.29, 1.82) is 0 Å². The molecule has 3 N–H and O–H groups in total. The molecule has 1 aromatic heterocycles. The maximum Gasteiger partial charge on any atom is 0.243 e. The Kier molecular flexibility index (Phi) is 3.75. The van der Waals surface area contributed by atoms with Crippen LogP contribution in [0.1, 0.15) is 24.9 Å². The van der Waals surface area contributed by atoms with Gasteiger partial charge in [0, 0.05) is 11.8 Å². The van der Waals surface area contributed by atoms with Crippen molar-refractivity contribution < 1.29 is 9.59 Å². The molecule has 0 bridgehead atoms. The zero-order chi connectivity index (χ0) is 14.0. The Morgan fingerprint density at radius 1 is 1.47 bits per heavy atom. The van der Waals surface area contributed by atoms with Gasteiger partial charge in [0.25, 0.3) is 0 Å². The van der Waals surface area contributed by atoms with E-state index in [1.165, 1.54) is 0 Å². The molecule has 19 heavy (non-hydrogen) atoms. The Balaban J connectivity index is 2.19. The smallest absolute Gasteiger partial charge is 0.243 e. The van der Waals surface area contributed by atoms with Gasteiger partial charge in [-0.1, -0.05) is 6.92 Å². The molecule has 7 heteroatoms. The van der Waals surface area contributed by atoms with Crippen LogP contribution in [0.4, 0.5) is 5.82 Å². The van der Waals surface area contributed by atoms with Crippen molar-refractivity contribution in [3.05, 3.63) is 17.6 Å². The number of imide groups is 1. The molecule has 1 fully saturated rings. The first kappa shape index (κ1) is 13.4. The molecule has 1 aliphatic heterocycles. The molecule has 0 aliphatic carbocycles. The molecule has 0 saturated carbocycles. The minimum Gasteiger partial charge on any atom is -0.384 e. The number of anilines is 1. The number of aromatic nitrogens is 2. The maximum atomic E-state index is 11.7. The van der Waals surface area contributed by atoms with Crippen LogP contribution in [-0.2, 0) is 16.1 Å². The number of hydrogen-bond donors (Lipinski definition) is 2. The first-order chi connectivity index (χ1) is 8.99. The lowest BCUT2D eigenvalue weighted by Crippen LogP contribution is -2.57. The summed E-state index contributed by atoms with van der Waals surface area (Å²) < 4.78 is 0. The van der Waals surface area contributed by atoms with E-state index in [4.69, 9.17) is 5.73 Å². The van der Waals surface area contributed by atoms with Crippen molar-refractivity contribution in [1.82, 2.24) is 20.2 Å². The number of carbonyl (C=O) groups excluding carboxylic acids is 2. The highest BCUT2D eigenvalue weighted by Gasteiger charge is 2.32. The molecular weight excluding hydrogens is 246 g/mol. The van der Waals surface area contributed by atoms with Gasteiger partial charge in [0.15, 0.2) is 0 Å². The number of hydrogen-bond acceptors (Lipinski definition) is 6. The number of piperazine rings is 1. The summed E-state index contributed by atoms with van der Waals surface area (Å²) in [5.41, 5.74) is 6.44. The monoisotopic (exact) mass is 263 g/mol. The van der Waals surface area contributed by atoms with Gasteiger partial charge >= 0.3 is 0 Å². The van der Waals surface area contributed by atoms with Crippen molar-refractivity contribution in [3.63, 3.8) is 0 Å². The third-order valence-electron chi connectivity index (χ3n) is 3.00. The van der Waals surface area contributed by atoms with Crippen LogP contribution in [0.15, 0.2) is 6.07 Å². The Labute approximate surface area is 111 Å². The second-order valence-electron chi connectivity index (χ2n) is 4.59. The van der Waals surface area contributed by atoms with Crippen LogP contribution in [0.3, 0.4) is 0 Å². The lowest BCUT2D eigenvalue weighted by atomic mass is 10.1. The fourth-order valence-electron chi connectivity index (χ4n) is 2.24. The minimum atomic E-state index is -0.331. The van der Waals surface area contributed by atoms with Gasteiger partial charge in [0.2, 0.25) is 11.8 Å². The molecule has 1 unspecified atom stereocenters. The molecular formula is C12H17N5O2. The topological polar surface area (TPSA) is 101 Å². The first-order valence-corrected chi connectivity index (χ1v) is 6.17. The Morgan fingerprint density at radius 2 is 2.21 bits per heavy atom. The number of rotatable bonds is 3. The number of nitrogen functional groups attached to an aromatic ring is 1. The summed E-state index contributed by atoms with van der Waals surface area (Å²) in [7, 11) is 0. The first-order valence-electron chi connectivity index (χ1n) is 6.17. The van der Waals surface area contributed by atoms with E-state index in [1.54, 1.807) is 11.0 Å². The van der Waals surface area contributed by atoms with Crippen molar-refractivity contribution in [2.75, 3.05) is 12.3 Å². The van der Waals surface area contributed by atoms with Crippen LogP contribution in [0.2, 0.25) is 0 Å². The molecule has 2 rings (SSSR count). The summed E-state index contributed by atoms with van der Waals surface area (Å²) in [5.74, 6) is 0.358. The Morgan fingerprint density at radius 3 is 2.84 bits per heavy atom. The highest BCUT2D eigenvalue weighted by molar-refractivity contribution is 6.00. The van der Waals surface area contributed by atoms with E-state index in [1.807, 2.05) is 13.8 Å². The van der Waals surface area contributed by atoms with E-state index >= 15 is 0 Å². The molecule has 1 aliphatic rings. The number of carbonyl (C=O) groups is 2. The summed E-state index contributed by atoms with van der Waals surface area (Å²) in [6.45, 7) is 4.23. The maximum absolute atomic E-state index is 11.7. The molecule has 0 radical (unpaired) electrons. The summed E-state index contributed by atoms with van der Waals surface area (Å²) >= 11 is 0. The van der Waals surface area contributed by atoms with Crippen molar-refractivity contribution in [2.24, 2.45) is 0 Å². The normalized spacial score (nSPS) is 20.4. The van der Waals surface area contributed by atoms with Gasteiger partial charge in [-0.2, -0.15) is 0 Å². The standard InChI is InChI=1S/C12H17N5O2/c1-3-8-12(19)16-11(18)6-17(8)5-10-14-7(2)4-9(13)15-10/h4,8H,3,5-6H2,1-2H3,(H2,13,14,15)(H,16,18,19). The van der Waals surface area contributed by atoms with E-state index in [0.717, 1.165) is 5.69 Å². The van der Waals surface area contributed by atoms with E-state index in [2.05, 4.69) is 15.3 Å². The van der Waals surface area contributed by atoms with Crippen LogP contribution < -0.4 is 11.1 Å². The zero-order valence-corrected chi connectivity index (χ0v) is 11.0. The summed E-state index contributed by atoms with van der Waals surface area (Å²) in [6, 6.07) is 1.34. The molecule has 2 amide bonds. The quantitative estimate of drug-likeness (QED) is 0.720. The lowest BCUT2D eigenvalue weighted by Gasteiger charge is -2.32. The van der Waals surface area contributed by atoms with Crippen molar-refractivity contribution in [2.45, 2.75) is 32.9 Å². The fourth-order valence-corrected chi connectivity index (χ4v) is 2.24. The Hall–Kier alpha value is -2.02. The summed E-state index contributed by atoms with van der Waals surface area (Å²) in [5, 5.41) is 2.33. The highest BCUT2D eigenvalue weighted by Crippen LogP contribution is 2.13. The average Bonchev–Trinajstić information content (AvgIpc) is 2.26. The predicted octanol–water partition coefficient (Wildman–Crippen LogP) is -0.396. The van der Waals surface area contributed by atoms with E-state index in [-0.39, 0.29) is 24.4 Å². The van der Waals surface area contributed by atoms with E-state index in [0.29, 0.717) is 24.6 Å². The molecule has 0 aromatic carbocycles. The molecule has 102 valence electrons. The van der Waals surface area contributed by atoms with Gasteiger partial charge in [-0.05, 0) is 13.3 Å². The number of nitrogens with zero attached hydrogens (tertiary/aromatic N) is 3. The van der Waals surface area contributed by atoms with Crippen molar-refractivity contribution in [3.8, 4) is 0 Å². The van der Waals surface area contributed by atoms with Gasteiger partial charge in [-0.3, -0.25) is 19.8 Å². The fraction of sp³-hybridized carbons (Fsp3) is 0.500. The van der Waals surface area contributed by atoms with Crippen LogP contribution >= 0.6 is 0 Å². The second kappa shape index (κ2) is 5.31.